The smallest absolute Gasteiger partial charge is 0.276 e. The molecule has 6 nitrogen and oxygen atoms in total. The number of hydrogen-bond acceptors (Lipinski definition) is 4. The van der Waals surface area contributed by atoms with Gasteiger partial charge in [-0.2, -0.15) is 0 Å². The number of nitrogens with one attached hydrogen (secondary N) is 2. The van der Waals surface area contributed by atoms with Crippen LogP contribution < -0.4 is 20.3 Å². The Bertz CT molecular complexity index is 907. The Hall–Kier alpha value is -2.54. The summed E-state index contributed by atoms with van der Waals surface area (Å²) in [7, 11) is 0. The lowest BCUT2D eigenvalue weighted by atomic mass is 9.87. The minimum Gasteiger partial charge on any atom is -0.493 e. The van der Waals surface area contributed by atoms with Crippen LogP contribution in [0.5, 0.6) is 11.5 Å². The van der Waals surface area contributed by atoms with Gasteiger partial charge in [0.05, 0.1) is 16.6 Å². The van der Waals surface area contributed by atoms with E-state index in [1.165, 1.54) is 0 Å². The van der Waals surface area contributed by atoms with Gasteiger partial charge in [-0.05, 0) is 63.5 Å². The summed E-state index contributed by atoms with van der Waals surface area (Å²) in [5.41, 5.74) is 6.30. The number of carbonyl (C=O) groups is 2. The van der Waals surface area contributed by atoms with Crippen LogP contribution >= 0.6 is 15.9 Å². The lowest BCUT2D eigenvalue weighted by molar-refractivity contribution is -0.123. The van der Waals surface area contributed by atoms with Crippen molar-refractivity contribution in [2.45, 2.75) is 46.5 Å². The van der Waals surface area contributed by atoms with Crippen molar-refractivity contribution in [3.8, 4) is 11.5 Å². The van der Waals surface area contributed by atoms with E-state index < -0.39 is 11.8 Å². The molecule has 0 saturated heterocycles. The van der Waals surface area contributed by atoms with Crippen LogP contribution in [0.3, 0.4) is 0 Å². The van der Waals surface area contributed by atoms with E-state index in [2.05, 4.69) is 61.4 Å². The maximum Gasteiger partial charge on any atom is 0.276 e. The number of ether oxygens (including phenoxy) is 2. The number of benzene rings is 2. The van der Waals surface area contributed by atoms with Crippen LogP contribution in [0, 0.1) is 5.92 Å². The van der Waals surface area contributed by atoms with Crippen LogP contribution in [-0.4, -0.2) is 25.0 Å². The van der Waals surface area contributed by atoms with E-state index in [4.69, 9.17) is 9.47 Å². The largest absolute Gasteiger partial charge is 0.493 e. The molecule has 2 amide bonds. The van der Waals surface area contributed by atoms with Crippen molar-refractivity contribution < 1.29 is 19.1 Å². The maximum atomic E-state index is 12.5. The van der Waals surface area contributed by atoms with E-state index in [0.29, 0.717) is 29.6 Å². The fourth-order valence-corrected chi connectivity index (χ4v) is 3.14. The Morgan fingerprint density at radius 1 is 1.00 bits per heavy atom. The molecular formula is C24H31BrN2O4. The number of rotatable bonds is 8. The summed E-state index contributed by atoms with van der Waals surface area (Å²) < 4.78 is 12.1. The second kappa shape index (κ2) is 11.2. The molecule has 0 aliphatic carbocycles. The molecule has 0 aliphatic heterocycles. The quantitative estimate of drug-likeness (QED) is 0.509. The molecule has 0 radical (unpaired) electrons. The van der Waals surface area contributed by atoms with E-state index in [-0.39, 0.29) is 12.0 Å². The molecular weight excluding hydrogens is 460 g/mol. The number of hydrogen-bond donors (Lipinski definition) is 2. The van der Waals surface area contributed by atoms with Crippen LogP contribution in [0.15, 0.2) is 46.9 Å². The van der Waals surface area contributed by atoms with Gasteiger partial charge in [0.25, 0.3) is 11.8 Å². The number of carbonyl (C=O) groups excluding carboxylic acids is 2. The first-order valence-corrected chi connectivity index (χ1v) is 11.1. The molecule has 0 fully saturated rings. The minimum atomic E-state index is -0.474. The summed E-state index contributed by atoms with van der Waals surface area (Å²) >= 11 is 3.48. The van der Waals surface area contributed by atoms with Gasteiger partial charge in [-0.25, -0.2) is 0 Å². The van der Waals surface area contributed by atoms with Crippen molar-refractivity contribution >= 4 is 27.7 Å². The molecule has 0 spiro atoms. The molecule has 2 aromatic carbocycles. The van der Waals surface area contributed by atoms with Crippen molar-refractivity contribution in [3.05, 3.63) is 58.1 Å². The minimum absolute atomic E-state index is 0.0114. The second-order valence-electron chi connectivity index (χ2n) is 8.71. The molecule has 0 bridgehead atoms. The number of hydrazine groups is 1. The topological polar surface area (TPSA) is 76.7 Å². The van der Waals surface area contributed by atoms with Crippen molar-refractivity contribution in [3.63, 3.8) is 0 Å². The SMILES string of the molecule is CC(C)CCOc1ccccc1C(=O)NNC(=O)COc1ccc(C(C)(C)C)cc1Br. The molecule has 2 N–H and O–H groups in total. The fraction of sp³-hybridized carbons (Fsp3) is 0.417. The average molecular weight is 491 g/mol. The van der Waals surface area contributed by atoms with Crippen LogP contribution in [0.25, 0.3) is 0 Å². The highest BCUT2D eigenvalue weighted by Gasteiger charge is 2.16. The summed E-state index contributed by atoms with van der Waals surface area (Å²) in [5, 5.41) is 0. The Kier molecular flexibility index (Phi) is 8.92. The zero-order valence-electron chi connectivity index (χ0n) is 18.8. The van der Waals surface area contributed by atoms with Gasteiger partial charge in [-0.15, -0.1) is 0 Å². The van der Waals surface area contributed by atoms with Crippen molar-refractivity contribution in [2.24, 2.45) is 5.92 Å². The first-order valence-electron chi connectivity index (χ1n) is 10.3. The Morgan fingerprint density at radius 2 is 1.71 bits per heavy atom. The van der Waals surface area contributed by atoms with E-state index in [1.807, 2.05) is 18.2 Å². The Balaban J connectivity index is 1.87. The third-order valence-electron chi connectivity index (χ3n) is 4.56. The van der Waals surface area contributed by atoms with Gasteiger partial charge in [-0.3, -0.25) is 20.4 Å². The number of halogens is 1. The molecule has 2 aromatic rings. The van der Waals surface area contributed by atoms with Crippen LogP contribution in [0.2, 0.25) is 0 Å². The van der Waals surface area contributed by atoms with Crippen LogP contribution in [0.1, 0.15) is 57.0 Å². The van der Waals surface area contributed by atoms with Crippen LogP contribution in [-0.2, 0) is 10.2 Å². The fourth-order valence-electron chi connectivity index (χ4n) is 2.64. The predicted molar refractivity (Wildman–Crippen MR) is 125 cm³/mol. The summed E-state index contributed by atoms with van der Waals surface area (Å²) in [6.45, 7) is 10.9. The number of amides is 2. The molecule has 31 heavy (non-hydrogen) atoms. The predicted octanol–water partition coefficient (Wildman–Crippen LogP) is 5.01. The summed E-state index contributed by atoms with van der Waals surface area (Å²) in [5.74, 6) is 0.611. The van der Waals surface area contributed by atoms with E-state index in [1.54, 1.807) is 24.3 Å². The van der Waals surface area contributed by atoms with Gasteiger partial charge < -0.3 is 9.47 Å². The molecule has 0 atom stereocenters. The Labute approximate surface area is 192 Å². The maximum absolute atomic E-state index is 12.5. The molecule has 0 saturated carbocycles. The molecule has 0 unspecified atom stereocenters. The molecule has 7 heteroatoms. The Morgan fingerprint density at radius 3 is 2.35 bits per heavy atom. The average Bonchev–Trinajstić information content (AvgIpc) is 2.70. The standard InChI is InChI=1S/C24H31BrN2O4/c1-16(2)12-13-30-20-9-7-6-8-18(20)23(29)27-26-22(28)15-31-21-11-10-17(14-19(21)25)24(3,4)5/h6-11,14,16H,12-13,15H2,1-5H3,(H,26,28)(H,27,29). The first-order chi connectivity index (χ1) is 14.6. The van der Waals surface area contributed by atoms with Gasteiger partial charge >= 0.3 is 0 Å². The van der Waals surface area contributed by atoms with Gasteiger partial charge in [0.2, 0.25) is 0 Å². The monoisotopic (exact) mass is 490 g/mol. The van der Waals surface area contributed by atoms with Gasteiger partial charge in [0, 0.05) is 0 Å². The molecule has 0 aromatic heterocycles. The molecule has 168 valence electrons. The summed E-state index contributed by atoms with van der Waals surface area (Å²) in [6.07, 6.45) is 0.885. The van der Waals surface area contributed by atoms with E-state index in [9.17, 15) is 9.59 Å². The van der Waals surface area contributed by atoms with E-state index >= 15 is 0 Å². The highest BCUT2D eigenvalue weighted by Crippen LogP contribution is 2.31. The van der Waals surface area contributed by atoms with Gasteiger partial charge in [0.1, 0.15) is 11.5 Å². The zero-order chi connectivity index (χ0) is 23.0. The number of para-hydroxylation sites is 1. The van der Waals surface area contributed by atoms with E-state index in [0.717, 1.165) is 16.5 Å². The highest BCUT2D eigenvalue weighted by atomic mass is 79.9. The highest BCUT2D eigenvalue weighted by molar-refractivity contribution is 9.10. The van der Waals surface area contributed by atoms with Crippen LogP contribution in [0.4, 0.5) is 0 Å². The second-order valence-corrected chi connectivity index (χ2v) is 9.57. The molecule has 0 heterocycles. The van der Waals surface area contributed by atoms with Gasteiger partial charge in [0.15, 0.2) is 6.61 Å². The lowest BCUT2D eigenvalue weighted by Crippen LogP contribution is -2.44. The van der Waals surface area contributed by atoms with Crippen molar-refractivity contribution in [1.82, 2.24) is 10.9 Å². The molecule has 0 aliphatic rings. The summed E-state index contributed by atoms with van der Waals surface area (Å²) in [4.78, 5) is 24.6. The normalized spacial score (nSPS) is 11.2. The summed E-state index contributed by atoms with van der Waals surface area (Å²) in [6, 6.07) is 12.7. The van der Waals surface area contributed by atoms with Crippen molar-refractivity contribution in [2.75, 3.05) is 13.2 Å². The zero-order valence-corrected chi connectivity index (χ0v) is 20.3. The third kappa shape index (κ3) is 7.90. The third-order valence-corrected chi connectivity index (χ3v) is 5.18. The van der Waals surface area contributed by atoms with Crippen molar-refractivity contribution in [1.29, 1.82) is 0 Å². The van der Waals surface area contributed by atoms with Gasteiger partial charge in [-0.1, -0.05) is 52.8 Å². The first kappa shape index (κ1) is 24.7. The molecule has 2 rings (SSSR count). The lowest BCUT2D eigenvalue weighted by Gasteiger charge is -2.20.